The minimum absolute atomic E-state index is 0.0905. The van der Waals surface area contributed by atoms with Crippen LogP contribution < -0.4 is 5.32 Å². The van der Waals surface area contributed by atoms with Gasteiger partial charge in [0.25, 0.3) is 0 Å². The number of nitrogens with one attached hydrogen (secondary N) is 1. The summed E-state index contributed by atoms with van der Waals surface area (Å²) >= 11 is 0. The third kappa shape index (κ3) is 4.57. The Balaban J connectivity index is 1.65. The van der Waals surface area contributed by atoms with Gasteiger partial charge in [0.15, 0.2) is 0 Å². The molecule has 6 heteroatoms. The molecule has 1 N–H and O–H groups in total. The summed E-state index contributed by atoms with van der Waals surface area (Å²) in [6.07, 6.45) is -0.852. The van der Waals surface area contributed by atoms with Crippen LogP contribution in [0.3, 0.4) is 0 Å². The van der Waals surface area contributed by atoms with Gasteiger partial charge in [0.05, 0.1) is 12.2 Å². The van der Waals surface area contributed by atoms with Gasteiger partial charge in [-0.15, -0.1) is 0 Å². The summed E-state index contributed by atoms with van der Waals surface area (Å²) in [5.74, 6) is -0.108. The van der Waals surface area contributed by atoms with Crippen LogP contribution in [0.25, 0.3) is 11.1 Å². The van der Waals surface area contributed by atoms with E-state index in [2.05, 4.69) is 5.32 Å². The molecular weight excluding hydrogens is 361 g/mol. The summed E-state index contributed by atoms with van der Waals surface area (Å²) in [4.78, 5) is 23.3. The second-order valence-corrected chi connectivity index (χ2v) is 7.75. The number of benzene rings is 2. The Bertz CT molecular complexity index is 829. The van der Waals surface area contributed by atoms with E-state index in [1.807, 2.05) is 48.5 Å². The molecule has 0 heterocycles. The first kappa shape index (κ1) is 20.0. The van der Waals surface area contributed by atoms with Gasteiger partial charge in [-0.1, -0.05) is 48.5 Å². The van der Waals surface area contributed by atoms with E-state index in [0.29, 0.717) is 0 Å². The molecule has 0 aliphatic heterocycles. The maximum Gasteiger partial charge on any atom is 0.407 e. The summed E-state index contributed by atoms with van der Waals surface area (Å²) < 4.78 is 24.0. The Morgan fingerprint density at radius 2 is 1.57 bits per heavy atom. The van der Waals surface area contributed by atoms with Crippen molar-refractivity contribution in [1.29, 1.82) is 0 Å². The van der Waals surface area contributed by atoms with E-state index in [-0.39, 0.29) is 19.1 Å². The molecule has 0 aromatic heterocycles. The van der Waals surface area contributed by atoms with Gasteiger partial charge in [-0.25, -0.2) is 4.79 Å². The highest BCUT2D eigenvalue weighted by Crippen LogP contribution is 2.44. The predicted molar refractivity (Wildman–Crippen MR) is 104 cm³/mol. The molecule has 0 fully saturated rings. The SMILES string of the molecule is CC(C)(C)OCC(NC(=O)OCC1c2ccccc2-c2ccccc21)C(=O)F. The van der Waals surface area contributed by atoms with Gasteiger partial charge in [-0.05, 0) is 43.0 Å². The van der Waals surface area contributed by atoms with Gasteiger partial charge in [0.1, 0.15) is 12.6 Å². The molecule has 1 amide bonds. The van der Waals surface area contributed by atoms with E-state index in [9.17, 15) is 14.0 Å². The monoisotopic (exact) mass is 385 g/mol. The number of fused-ring (bicyclic) bond motifs is 3. The largest absolute Gasteiger partial charge is 0.449 e. The number of alkyl carbamates (subject to hydrolysis) is 1. The van der Waals surface area contributed by atoms with Gasteiger partial charge in [-0.2, -0.15) is 4.39 Å². The van der Waals surface area contributed by atoms with Crippen LogP contribution in [0.4, 0.5) is 9.18 Å². The number of carbonyl (C=O) groups excluding carboxylic acids is 2. The van der Waals surface area contributed by atoms with E-state index in [0.717, 1.165) is 22.3 Å². The number of hydrogen-bond acceptors (Lipinski definition) is 4. The van der Waals surface area contributed by atoms with Crippen LogP contribution in [0.15, 0.2) is 48.5 Å². The first-order valence-electron chi connectivity index (χ1n) is 9.21. The van der Waals surface area contributed by atoms with E-state index in [4.69, 9.17) is 9.47 Å². The van der Waals surface area contributed by atoms with Gasteiger partial charge < -0.3 is 14.8 Å². The van der Waals surface area contributed by atoms with Crippen molar-refractivity contribution >= 4 is 12.1 Å². The van der Waals surface area contributed by atoms with Crippen LogP contribution in [0, 0.1) is 0 Å². The van der Waals surface area contributed by atoms with Crippen molar-refractivity contribution in [3.63, 3.8) is 0 Å². The van der Waals surface area contributed by atoms with Gasteiger partial charge in [0, 0.05) is 5.92 Å². The highest BCUT2D eigenvalue weighted by atomic mass is 19.1. The second kappa shape index (κ2) is 8.10. The summed E-state index contributed by atoms with van der Waals surface area (Å²) in [6.45, 7) is 5.16. The lowest BCUT2D eigenvalue weighted by Crippen LogP contribution is -2.44. The molecule has 1 aliphatic carbocycles. The smallest absolute Gasteiger partial charge is 0.407 e. The number of carbonyl (C=O) groups is 2. The van der Waals surface area contributed by atoms with Crippen LogP contribution in [0.5, 0.6) is 0 Å². The zero-order chi connectivity index (χ0) is 20.3. The quantitative estimate of drug-likeness (QED) is 0.757. The molecule has 1 unspecified atom stereocenters. The van der Waals surface area contributed by atoms with Crippen molar-refractivity contribution in [3.8, 4) is 11.1 Å². The normalized spacial score (nSPS) is 14.1. The highest BCUT2D eigenvalue weighted by Gasteiger charge is 2.30. The summed E-state index contributed by atoms with van der Waals surface area (Å²) in [7, 11) is 0. The number of hydrogen-bond donors (Lipinski definition) is 1. The Kier molecular flexibility index (Phi) is 5.79. The van der Waals surface area contributed by atoms with Crippen molar-refractivity contribution in [2.45, 2.75) is 38.3 Å². The molecule has 0 radical (unpaired) electrons. The van der Waals surface area contributed by atoms with Gasteiger partial charge in [-0.3, -0.25) is 4.79 Å². The molecule has 2 aromatic carbocycles. The van der Waals surface area contributed by atoms with Crippen molar-refractivity contribution in [2.75, 3.05) is 13.2 Å². The average Bonchev–Trinajstić information content (AvgIpc) is 2.96. The first-order chi connectivity index (χ1) is 13.3. The lowest BCUT2D eigenvalue weighted by molar-refractivity contribution is -0.134. The standard InChI is InChI=1S/C22H24FNO4/c1-22(2,3)28-13-19(20(23)25)24-21(26)27-12-18-16-10-6-4-8-14(16)15-9-5-7-11-17(15)18/h4-11,18-19H,12-13H2,1-3H3,(H,24,26). The second-order valence-electron chi connectivity index (χ2n) is 7.75. The number of rotatable bonds is 6. The maximum atomic E-state index is 13.2. The molecule has 0 saturated carbocycles. The Morgan fingerprint density at radius 1 is 1.04 bits per heavy atom. The van der Waals surface area contributed by atoms with Crippen molar-refractivity contribution in [3.05, 3.63) is 59.7 Å². The molecule has 3 rings (SSSR count). The molecular formula is C22H24FNO4. The van der Waals surface area contributed by atoms with Crippen LogP contribution >= 0.6 is 0 Å². The highest BCUT2D eigenvalue weighted by molar-refractivity contribution is 5.81. The fourth-order valence-corrected chi connectivity index (χ4v) is 3.28. The maximum absolute atomic E-state index is 13.2. The van der Waals surface area contributed by atoms with E-state index in [1.54, 1.807) is 20.8 Å². The minimum atomic E-state index is -1.67. The van der Waals surface area contributed by atoms with Crippen molar-refractivity contribution < 1.29 is 23.5 Å². The lowest BCUT2D eigenvalue weighted by Gasteiger charge is -2.23. The fraction of sp³-hybridized carbons (Fsp3) is 0.364. The zero-order valence-electron chi connectivity index (χ0n) is 16.2. The Labute approximate surface area is 163 Å². The molecule has 1 aliphatic rings. The minimum Gasteiger partial charge on any atom is -0.449 e. The van der Waals surface area contributed by atoms with E-state index in [1.165, 1.54) is 0 Å². The molecule has 0 bridgehead atoms. The Hall–Kier alpha value is -2.73. The topological polar surface area (TPSA) is 64.6 Å². The van der Waals surface area contributed by atoms with Crippen molar-refractivity contribution in [2.24, 2.45) is 0 Å². The molecule has 5 nitrogen and oxygen atoms in total. The molecule has 28 heavy (non-hydrogen) atoms. The number of halogens is 1. The molecule has 148 valence electrons. The van der Waals surface area contributed by atoms with Crippen molar-refractivity contribution in [1.82, 2.24) is 5.32 Å². The third-order valence-electron chi connectivity index (χ3n) is 4.59. The van der Waals surface area contributed by atoms with E-state index < -0.39 is 23.8 Å². The molecule has 1 atom stereocenters. The fourth-order valence-electron chi connectivity index (χ4n) is 3.28. The molecule has 0 spiro atoms. The number of ether oxygens (including phenoxy) is 2. The summed E-state index contributed by atoms with van der Waals surface area (Å²) in [5, 5.41) is 2.25. The molecule has 2 aromatic rings. The predicted octanol–water partition coefficient (Wildman–Crippen LogP) is 4.20. The van der Waals surface area contributed by atoms with Gasteiger partial charge >= 0.3 is 12.1 Å². The lowest BCUT2D eigenvalue weighted by atomic mass is 9.98. The molecule has 0 saturated heterocycles. The zero-order valence-corrected chi connectivity index (χ0v) is 16.2. The van der Waals surface area contributed by atoms with Crippen LogP contribution in [0.1, 0.15) is 37.8 Å². The van der Waals surface area contributed by atoms with E-state index >= 15 is 0 Å². The first-order valence-corrected chi connectivity index (χ1v) is 9.21. The van der Waals surface area contributed by atoms with Gasteiger partial charge in [0.2, 0.25) is 0 Å². The Morgan fingerprint density at radius 3 is 2.07 bits per heavy atom. The van der Waals surface area contributed by atoms with Crippen LogP contribution in [0.2, 0.25) is 0 Å². The van der Waals surface area contributed by atoms with Crippen LogP contribution in [-0.2, 0) is 14.3 Å². The summed E-state index contributed by atoms with van der Waals surface area (Å²) in [5.41, 5.74) is 3.82. The third-order valence-corrected chi connectivity index (χ3v) is 4.59. The number of amides is 1. The van der Waals surface area contributed by atoms with Crippen LogP contribution in [-0.4, -0.2) is 37.0 Å². The average molecular weight is 385 g/mol. The summed E-state index contributed by atoms with van der Waals surface area (Å²) in [6, 6.07) is 12.9.